The standard InChI is InChI=1S/C24H29F2N5/c1-13(25)18-6-5-7-19(22(18)26)14(2)28-23-21-12-20(17-8-10-27-11-9-17)15(3)29-24(21)31-16(4)30-23/h5-7,12-14,17,27H,8-11H2,1-4H3,(H,28,29,30,31)/t13?,14-/m1/s1. The summed E-state index contributed by atoms with van der Waals surface area (Å²) in [6, 6.07) is 6.58. The van der Waals surface area contributed by atoms with Crippen molar-refractivity contribution in [2.24, 2.45) is 0 Å². The Balaban J connectivity index is 1.74. The number of fused-ring (bicyclic) bond motifs is 1. The molecule has 7 heteroatoms. The van der Waals surface area contributed by atoms with E-state index in [4.69, 9.17) is 4.98 Å². The van der Waals surface area contributed by atoms with Gasteiger partial charge in [0.25, 0.3) is 0 Å². The van der Waals surface area contributed by atoms with E-state index < -0.39 is 18.0 Å². The smallest absolute Gasteiger partial charge is 0.165 e. The summed E-state index contributed by atoms with van der Waals surface area (Å²) in [5.41, 5.74) is 3.32. The van der Waals surface area contributed by atoms with Crippen molar-refractivity contribution >= 4 is 16.9 Å². The van der Waals surface area contributed by atoms with Crippen LogP contribution in [0.4, 0.5) is 14.6 Å². The van der Waals surface area contributed by atoms with E-state index in [-0.39, 0.29) is 5.56 Å². The molecule has 0 amide bonds. The molecule has 31 heavy (non-hydrogen) atoms. The summed E-state index contributed by atoms with van der Waals surface area (Å²) >= 11 is 0. The summed E-state index contributed by atoms with van der Waals surface area (Å²) < 4.78 is 28.7. The molecular weight excluding hydrogens is 396 g/mol. The van der Waals surface area contributed by atoms with E-state index in [1.807, 2.05) is 20.8 Å². The van der Waals surface area contributed by atoms with Gasteiger partial charge in [0.2, 0.25) is 0 Å². The molecule has 1 aliphatic heterocycles. The molecule has 0 radical (unpaired) electrons. The molecule has 1 unspecified atom stereocenters. The molecular formula is C24H29F2N5. The Morgan fingerprint density at radius 2 is 1.77 bits per heavy atom. The average molecular weight is 426 g/mol. The van der Waals surface area contributed by atoms with E-state index in [1.54, 1.807) is 12.1 Å². The molecule has 4 rings (SSSR count). The van der Waals surface area contributed by atoms with Gasteiger partial charge >= 0.3 is 0 Å². The van der Waals surface area contributed by atoms with E-state index in [2.05, 4.69) is 26.7 Å². The number of benzene rings is 1. The average Bonchev–Trinajstić information content (AvgIpc) is 2.73. The first-order valence-electron chi connectivity index (χ1n) is 10.9. The summed E-state index contributed by atoms with van der Waals surface area (Å²) in [5.74, 6) is 1.15. The van der Waals surface area contributed by atoms with Gasteiger partial charge in [-0.3, -0.25) is 0 Å². The van der Waals surface area contributed by atoms with Gasteiger partial charge in [-0.1, -0.05) is 18.2 Å². The number of hydrogen-bond donors (Lipinski definition) is 2. The van der Waals surface area contributed by atoms with Crippen LogP contribution < -0.4 is 10.6 Å². The summed E-state index contributed by atoms with van der Waals surface area (Å²) in [6.45, 7) is 9.04. The normalized spacial score (nSPS) is 17.0. The lowest BCUT2D eigenvalue weighted by molar-refractivity contribution is 0.360. The molecule has 0 spiro atoms. The zero-order valence-corrected chi connectivity index (χ0v) is 18.5. The van der Waals surface area contributed by atoms with E-state index in [9.17, 15) is 8.78 Å². The van der Waals surface area contributed by atoms with Gasteiger partial charge in [-0.25, -0.2) is 23.7 Å². The summed E-state index contributed by atoms with van der Waals surface area (Å²) in [6.07, 6.45) is 0.771. The number of rotatable bonds is 5. The van der Waals surface area contributed by atoms with Crippen molar-refractivity contribution in [2.75, 3.05) is 18.4 Å². The van der Waals surface area contributed by atoms with E-state index in [0.29, 0.717) is 28.8 Å². The first-order chi connectivity index (χ1) is 14.8. The zero-order chi connectivity index (χ0) is 22.1. The van der Waals surface area contributed by atoms with Crippen LogP contribution in [0.2, 0.25) is 0 Å². The second-order valence-corrected chi connectivity index (χ2v) is 8.41. The largest absolute Gasteiger partial charge is 0.363 e. The van der Waals surface area contributed by atoms with Crippen LogP contribution in [0.25, 0.3) is 11.0 Å². The molecule has 1 saturated heterocycles. The number of alkyl halides is 1. The molecule has 3 aromatic rings. The van der Waals surface area contributed by atoms with Gasteiger partial charge in [-0.2, -0.15) is 0 Å². The Bertz CT molecular complexity index is 1090. The number of pyridine rings is 1. The highest BCUT2D eigenvalue weighted by Crippen LogP contribution is 2.33. The number of piperidine rings is 1. The number of halogens is 2. The Kier molecular flexibility index (Phi) is 6.14. The van der Waals surface area contributed by atoms with Gasteiger partial charge in [0.15, 0.2) is 5.65 Å². The lowest BCUT2D eigenvalue weighted by Crippen LogP contribution is -2.27. The van der Waals surface area contributed by atoms with Gasteiger partial charge in [0, 0.05) is 16.8 Å². The molecule has 1 fully saturated rings. The van der Waals surface area contributed by atoms with Gasteiger partial charge in [-0.05, 0) is 71.2 Å². The molecule has 0 saturated carbocycles. The van der Waals surface area contributed by atoms with E-state index in [0.717, 1.165) is 37.0 Å². The fraction of sp³-hybridized carbons (Fsp3) is 0.458. The lowest BCUT2D eigenvalue weighted by atomic mass is 9.89. The van der Waals surface area contributed by atoms with Crippen LogP contribution in [0, 0.1) is 19.7 Å². The van der Waals surface area contributed by atoms with Crippen molar-refractivity contribution in [3.05, 3.63) is 58.3 Å². The maximum Gasteiger partial charge on any atom is 0.165 e. The van der Waals surface area contributed by atoms with Crippen LogP contribution >= 0.6 is 0 Å². The topological polar surface area (TPSA) is 62.7 Å². The van der Waals surface area contributed by atoms with Gasteiger partial charge < -0.3 is 10.6 Å². The molecule has 1 aromatic carbocycles. The van der Waals surface area contributed by atoms with Gasteiger partial charge in [0.1, 0.15) is 23.6 Å². The third kappa shape index (κ3) is 4.37. The highest BCUT2D eigenvalue weighted by Gasteiger charge is 2.22. The Hall–Kier alpha value is -2.67. The lowest BCUT2D eigenvalue weighted by Gasteiger charge is -2.25. The van der Waals surface area contributed by atoms with Crippen molar-refractivity contribution in [3.63, 3.8) is 0 Å². The van der Waals surface area contributed by atoms with Crippen LogP contribution in [0.5, 0.6) is 0 Å². The summed E-state index contributed by atoms with van der Waals surface area (Å²) in [7, 11) is 0. The van der Waals surface area contributed by atoms with Crippen LogP contribution in [-0.4, -0.2) is 28.0 Å². The molecule has 0 aliphatic carbocycles. The van der Waals surface area contributed by atoms with Crippen LogP contribution in [0.3, 0.4) is 0 Å². The summed E-state index contributed by atoms with van der Waals surface area (Å²) in [5, 5.41) is 7.56. The van der Waals surface area contributed by atoms with Crippen molar-refractivity contribution in [3.8, 4) is 0 Å². The molecule has 1 aliphatic rings. The zero-order valence-electron chi connectivity index (χ0n) is 18.5. The monoisotopic (exact) mass is 425 g/mol. The molecule has 5 nitrogen and oxygen atoms in total. The Morgan fingerprint density at radius 3 is 2.48 bits per heavy atom. The van der Waals surface area contributed by atoms with Crippen molar-refractivity contribution in [2.45, 2.75) is 58.7 Å². The number of aromatic nitrogens is 3. The first kappa shape index (κ1) is 21.6. The van der Waals surface area contributed by atoms with Crippen molar-refractivity contribution in [1.29, 1.82) is 0 Å². The number of nitrogens with one attached hydrogen (secondary N) is 2. The second-order valence-electron chi connectivity index (χ2n) is 8.41. The third-order valence-electron chi connectivity index (χ3n) is 6.11. The van der Waals surface area contributed by atoms with Crippen LogP contribution in [-0.2, 0) is 0 Å². The Morgan fingerprint density at radius 1 is 1.06 bits per heavy atom. The minimum absolute atomic E-state index is 0.0698. The quantitative estimate of drug-likeness (QED) is 0.569. The first-order valence-corrected chi connectivity index (χ1v) is 10.9. The number of anilines is 1. The minimum Gasteiger partial charge on any atom is -0.363 e. The number of aryl methyl sites for hydroxylation is 2. The third-order valence-corrected chi connectivity index (χ3v) is 6.11. The minimum atomic E-state index is -1.37. The number of hydrogen-bond acceptors (Lipinski definition) is 5. The fourth-order valence-electron chi connectivity index (χ4n) is 4.42. The van der Waals surface area contributed by atoms with Gasteiger partial charge in [0.05, 0.1) is 11.4 Å². The van der Waals surface area contributed by atoms with Crippen LogP contribution in [0.15, 0.2) is 24.3 Å². The van der Waals surface area contributed by atoms with Gasteiger partial charge in [-0.15, -0.1) is 0 Å². The Labute approximate surface area is 181 Å². The molecule has 2 atom stereocenters. The second kappa shape index (κ2) is 8.83. The SMILES string of the molecule is Cc1nc(N[C@H](C)c2cccc(C(C)F)c2F)c2cc(C3CCNCC3)c(C)nc2n1. The van der Waals surface area contributed by atoms with Crippen molar-refractivity contribution < 1.29 is 8.78 Å². The molecule has 2 N–H and O–H groups in total. The predicted octanol–water partition coefficient (Wildman–Crippen LogP) is 5.45. The number of nitrogens with zero attached hydrogens (tertiary/aromatic N) is 3. The van der Waals surface area contributed by atoms with Crippen LogP contribution in [0.1, 0.15) is 73.0 Å². The highest BCUT2D eigenvalue weighted by molar-refractivity contribution is 5.87. The summed E-state index contributed by atoms with van der Waals surface area (Å²) in [4.78, 5) is 13.9. The molecule has 0 bridgehead atoms. The fourth-order valence-corrected chi connectivity index (χ4v) is 4.42. The maximum atomic E-state index is 14.9. The molecule has 3 heterocycles. The highest BCUT2D eigenvalue weighted by atomic mass is 19.1. The van der Waals surface area contributed by atoms with E-state index >= 15 is 0 Å². The van der Waals surface area contributed by atoms with Crippen molar-refractivity contribution in [1.82, 2.24) is 20.3 Å². The molecule has 164 valence electrons. The molecule has 2 aromatic heterocycles. The van der Waals surface area contributed by atoms with E-state index in [1.165, 1.54) is 18.6 Å². The maximum absolute atomic E-state index is 14.9. The predicted molar refractivity (Wildman–Crippen MR) is 120 cm³/mol.